The standard InChI is InChI=1S/C24H21FN2O4/c1-2-3-4-13-30-19-10-11-20(21(25)15-19)16-5-7-17(8-6-16)24-26-22-14-18(27(28)29)9-12-23(22)31-24/h5-12,14-15H,2-4,13H2,1H3. The van der Waals surface area contributed by atoms with Crippen LogP contribution in [0.25, 0.3) is 33.7 Å². The Morgan fingerprint density at radius 3 is 2.52 bits per heavy atom. The molecule has 1 aromatic heterocycles. The summed E-state index contributed by atoms with van der Waals surface area (Å²) < 4.78 is 25.9. The van der Waals surface area contributed by atoms with Crippen LogP contribution in [0.4, 0.5) is 10.1 Å². The van der Waals surface area contributed by atoms with Gasteiger partial charge in [-0.25, -0.2) is 9.37 Å². The lowest BCUT2D eigenvalue weighted by atomic mass is 10.0. The number of nitro benzene ring substituents is 1. The number of halogens is 1. The second-order valence-corrected chi connectivity index (χ2v) is 7.20. The molecule has 4 rings (SSSR count). The lowest BCUT2D eigenvalue weighted by molar-refractivity contribution is -0.384. The van der Waals surface area contributed by atoms with E-state index in [0.29, 0.717) is 46.0 Å². The summed E-state index contributed by atoms with van der Waals surface area (Å²) in [5.74, 6) is 0.516. The van der Waals surface area contributed by atoms with E-state index in [4.69, 9.17) is 9.15 Å². The van der Waals surface area contributed by atoms with Gasteiger partial charge in [-0.1, -0.05) is 31.9 Å². The monoisotopic (exact) mass is 420 g/mol. The van der Waals surface area contributed by atoms with Crippen LogP contribution in [0.2, 0.25) is 0 Å². The van der Waals surface area contributed by atoms with Crippen molar-refractivity contribution in [3.63, 3.8) is 0 Å². The number of rotatable bonds is 8. The number of fused-ring (bicyclic) bond motifs is 1. The van der Waals surface area contributed by atoms with Crippen LogP contribution in [0.1, 0.15) is 26.2 Å². The number of hydrogen-bond acceptors (Lipinski definition) is 5. The second kappa shape index (κ2) is 8.95. The summed E-state index contributed by atoms with van der Waals surface area (Å²) in [6.45, 7) is 2.70. The van der Waals surface area contributed by atoms with E-state index in [2.05, 4.69) is 11.9 Å². The molecule has 0 unspecified atom stereocenters. The summed E-state index contributed by atoms with van der Waals surface area (Å²) in [5.41, 5.74) is 2.71. The van der Waals surface area contributed by atoms with Gasteiger partial charge in [-0.2, -0.15) is 0 Å². The first kappa shape index (κ1) is 20.5. The van der Waals surface area contributed by atoms with Crippen molar-refractivity contribution < 1.29 is 18.5 Å². The maximum absolute atomic E-state index is 14.6. The van der Waals surface area contributed by atoms with Gasteiger partial charge in [0.25, 0.3) is 5.69 Å². The molecule has 0 aliphatic carbocycles. The number of ether oxygens (including phenoxy) is 1. The molecule has 0 spiro atoms. The molecule has 0 saturated carbocycles. The van der Waals surface area contributed by atoms with E-state index in [1.807, 2.05) is 0 Å². The first-order valence-corrected chi connectivity index (χ1v) is 10.1. The minimum absolute atomic E-state index is 0.0454. The Morgan fingerprint density at radius 2 is 1.81 bits per heavy atom. The molecule has 0 aliphatic heterocycles. The van der Waals surface area contributed by atoms with Crippen LogP contribution in [0.3, 0.4) is 0 Å². The Morgan fingerprint density at radius 1 is 1.03 bits per heavy atom. The topological polar surface area (TPSA) is 78.4 Å². The SMILES string of the molecule is CCCCCOc1ccc(-c2ccc(-c3nc4cc([N+](=O)[O-])ccc4o3)cc2)c(F)c1. The molecule has 0 atom stereocenters. The van der Waals surface area contributed by atoms with Crippen molar-refractivity contribution in [2.45, 2.75) is 26.2 Å². The third-order valence-corrected chi connectivity index (χ3v) is 4.98. The van der Waals surface area contributed by atoms with Crippen LogP contribution in [0.15, 0.2) is 65.1 Å². The van der Waals surface area contributed by atoms with Gasteiger partial charge in [-0.3, -0.25) is 10.1 Å². The molecule has 0 saturated heterocycles. The van der Waals surface area contributed by atoms with Gasteiger partial charge < -0.3 is 9.15 Å². The molecule has 1 heterocycles. The predicted molar refractivity (Wildman–Crippen MR) is 117 cm³/mol. The largest absolute Gasteiger partial charge is 0.493 e. The van der Waals surface area contributed by atoms with Gasteiger partial charge in [0.05, 0.1) is 11.5 Å². The van der Waals surface area contributed by atoms with E-state index in [-0.39, 0.29) is 11.5 Å². The molecule has 0 radical (unpaired) electrons. The van der Waals surface area contributed by atoms with Crippen molar-refractivity contribution in [3.8, 4) is 28.3 Å². The summed E-state index contributed by atoms with van der Waals surface area (Å²) in [4.78, 5) is 14.8. The van der Waals surface area contributed by atoms with Crippen molar-refractivity contribution in [1.82, 2.24) is 4.98 Å². The summed E-state index contributed by atoms with van der Waals surface area (Å²) in [7, 11) is 0. The summed E-state index contributed by atoms with van der Waals surface area (Å²) >= 11 is 0. The highest BCUT2D eigenvalue weighted by atomic mass is 19.1. The molecule has 4 aromatic rings. The van der Waals surface area contributed by atoms with Crippen LogP contribution in [-0.2, 0) is 0 Å². The number of aromatic nitrogens is 1. The number of hydrogen-bond donors (Lipinski definition) is 0. The fraction of sp³-hybridized carbons (Fsp3) is 0.208. The lowest BCUT2D eigenvalue weighted by Gasteiger charge is -2.09. The third kappa shape index (κ3) is 4.55. The molecule has 0 bridgehead atoms. The Balaban J connectivity index is 1.53. The molecule has 7 heteroatoms. The zero-order chi connectivity index (χ0) is 21.8. The van der Waals surface area contributed by atoms with Crippen LogP contribution < -0.4 is 4.74 Å². The fourth-order valence-corrected chi connectivity index (χ4v) is 3.31. The van der Waals surface area contributed by atoms with Gasteiger partial charge >= 0.3 is 0 Å². The number of benzene rings is 3. The maximum atomic E-state index is 14.6. The molecule has 158 valence electrons. The molecule has 0 aliphatic rings. The molecule has 6 nitrogen and oxygen atoms in total. The molecule has 0 fully saturated rings. The average Bonchev–Trinajstić information content (AvgIpc) is 3.20. The summed E-state index contributed by atoms with van der Waals surface area (Å²) in [6, 6.07) is 16.3. The van der Waals surface area contributed by atoms with E-state index in [1.54, 1.807) is 36.4 Å². The van der Waals surface area contributed by atoms with E-state index < -0.39 is 4.92 Å². The molecular formula is C24H21FN2O4. The van der Waals surface area contributed by atoms with E-state index in [0.717, 1.165) is 19.3 Å². The number of nitrogens with zero attached hydrogens (tertiary/aromatic N) is 2. The van der Waals surface area contributed by atoms with E-state index >= 15 is 0 Å². The van der Waals surface area contributed by atoms with Crippen LogP contribution in [0.5, 0.6) is 5.75 Å². The van der Waals surface area contributed by atoms with Crippen LogP contribution in [0, 0.1) is 15.9 Å². The van der Waals surface area contributed by atoms with Crippen molar-refractivity contribution in [1.29, 1.82) is 0 Å². The van der Waals surface area contributed by atoms with Gasteiger partial charge in [0.2, 0.25) is 5.89 Å². The normalized spacial score (nSPS) is 11.0. The highest BCUT2D eigenvalue weighted by Gasteiger charge is 2.13. The first-order valence-electron chi connectivity index (χ1n) is 10.1. The average molecular weight is 420 g/mol. The van der Waals surface area contributed by atoms with Crippen molar-refractivity contribution in [2.75, 3.05) is 6.61 Å². The minimum Gasteiger partial charge on any atom is -0.493 e. The second-order valence-electron chi connectivity index (χ2n) is 7.20. The Hall–Kier alpha value is -3.74. The third-order valence-electron chi connectivity index (χ3n) is 4.98. The zero-order valence-electron chi connectivity index (χ0n) is 17.0. The number of non-ortho nitro benzene ring substituents is 1. The van der Waals surface area contributed by atoms with Gasteiger partial charge in [0, 0.05) is 29.3 Å². The molecule has 31 heavy (non-hydrogen) atoms. The predicted octanol–water partition coefficient (Wildman–Crippen LogP) is 6.78. The number of oxazole rings is 1. The highest BCUT2D eigenvalue weighted by molar-refractivity contribution is 5.79. The van der Waals surface area contributed by atoms with Gasteiger partial charge in [0.1, 0.15) is 17.1 Å². The molecular weight excluding hydrogens is 399 g/mol. The van der Waals surface area contributed by atoms with Crippen molar-refractivity contribution in [2.24, 2.45) is 0 Å². The highest BCUT2D eigenvalue weighted by Crippen LogP contribution is 2.30. The fourth-order valence-electron chi connectivity index (χ4n) is 3.31. The van der Waals surface area contributed by atoms with Crippen LogP contribution >= 0.6 is 0 Å². The smallest absolute Gasteiger partial charge is 0.271 e. The quantitative estimate of drug-likeness (QED) is 0.178. The number of nitro groups is 1. The van der Waals surface area contributed by atoms with Crippen molar-refractivity contribution in [3.05, 3.63) is 76.6 Å². The zero-order valence-corrected chi connectivity index (χ0v) is 17.0. The van der Waals surface area contributed by atoms with E-state index in [9.17, 15) is 14.5 Å². The molecule has 0 N–H and O–H groups in total. The molecule has 0 amide bonds. The van der Waals surface area contributed by atoms with Gasteiger partial charge in [-0.05, 0) is 42.3 Å². The first-order chi connectivity index (χ1) is 15.0. The minimum atomic E-state index is -0.474. The Bertz CT molecular complexity index is 1220. The van der Waals surface area contributed by atoms with Crippen LogP contribution in [-0.4, -0.2) is 16.5 Å². The van der Waals surface area contributed by atoms with Crippen molar-refractivity contribution >= 4 is 16.8 Å². The van der Waals surface area contributed by atoms with Gasteiger partial charge in [0.15, 0.2) is 5.58 Å². The number of unbranched alkanes of at least 4 members (excludes halogenated alkanes) is 2. The molecule has 3 aromatic carbocycles. The van der Waals surface area contributed by atoms with Gasteiger partial charge in [-0.15, -0.1) is 0 Å². The maximum Gasteiger partial charge on any atom is 0.271 e. The Kier molecular flexibility index (Phi) is 5.93. The summed E-state index contributed by atoms with van der Waals surface area (Å²) in [6.07, 6.45) is 3.14. The Labute approximate surface area is 178 Å². The summed E-state index contributed by atoms with van der Waals surface area (Å²) in [5, 5.41) is 10.9. The van der Waals surface area contributed by atoms with E-state index in [1.165, 1.54) is 24.3 Å². The lowest BCUT2D eigenvalue weighted by Crippen LogP contribution is -1.97.